The highest BCUT2D eigenvalue weighted by Gasteiger charge is 2.22. The van der Waals surface area contributed by atoms with Gasteiger partial charge in [-0.25, -0.2) is 9.97 Å². The molecule has 2 rings (SSSR count). The van der Waals surface area contributed by atoms with Crippen LogP contribution < -0.4 is 5.32 Å². The molecule has 1 aromatic rings. The van der Waals surface area contributed by atoms with Crippen molar-refractivity contribution in [3.63, 3.8) is 0 Å². The van der Waals surface area contributed by atoms with Gasteiger partial charge < -0.3 is 10.1 Å². The number of hydrogen-bond acceptors (Lipinski definition) is 4. The summed E-state index contributed by atoms with van der Waals surface area (Å²) in [5.41, 5.74) is 2.01. The number of nitrogens with zero attached hydrogens (tertiary/aromatic N) is 2. The second kappa shape index (κ2) is 4.78. The zero-order chi connectivity index (χ0) is 11.5. The van der Waals surface area contributed by atoms with Crippen LogP contribution in [0, 0.1) is 19.8 Å². The summed E-state index contributed by atoms with van der Waals surface area (Å²) in [5, 5.41) is 3.36. The van der Waals surface area contributed by atoms with Crippen molar-refractivity contribution in [2.24, 2.45) is 5.92 Å². The molecule has 2 unspecified atom stereocenters. The van der Waals surface area contributed by atoms with Crippen molar-refractivity contribution in [1.82, 2.24) is 9.97 Å². The highest BCUT2D eigenvalue weighted by molar-refractivity contribution is 5.29. The van der Waals surface area contributed by atoms with E-state index in [1.54, 1.807) is 0 Å². The van der Waals surface area contributed by atoms with E-state index in [4.69, 9.17) is 4.74 Å². The highest BCUT2D eigenvalue weighted by Crippen LogP contribution is 2.19. The van der Waals surface area contributed by atoms with Gasteiger partial charge in [-0.05, 0) is 33.3 Å². The van der Waals surface area contributed by atoms with E-state index in [1.807, 2.05) is 19.9 Å². The summed E-state index contributed by atoms with van der Waals surface area (Å²) < 4.78 is 5.38. The lowest BCUT2D eigenvalue weighted by Gasteiger charge is -2.19. The molecule has 0 spiro atoms. The fourth-order valence-electron chi connectivity index (χ4n) is 2.06. The minimum atomic E-state index is 0.365. The maximum atomic E-state index is 5.38. The molecule has 0 aromatic carbocycles. The first-order valence-electron chi connectivity index (χ1n) is 5.81. The number of ether oxygens (including phenoxy) is 1. The lowest BCUT2D eigenvalue weighted by molar-refractivity contribution is 0.183. The molecule has 1 N–H and O–H groups in total. The number of hydrogen-bond donors (Lipinski definition) is 1. The molecular formula is C12H19N3O. The Kier molecular flexibility index (Phi) is 3.39. The molecule has 0 amide bonds. The van der Waals surface area contributed by atoms with Crippen LogP contribution >= 0.6 is 0 Å². The van der Waals surface area contributed by atoms with Gasteiger partial charge in [0.25, 0.3) is 0 Å². The number of aromatic nitrogens is 2. The molecule has 1 fully saturated rings. The number of nitrogens with one attached hydrogen (secondary N) is 1. The topological polar surface area (TPSA) is 47.0 Å². The lowest BCUT2D eigenvalue weighted by Crippen LogP contribution is -2.27. The standard InChI is InChI=1S/C12H19N3O/c1-8-6-9(2)14-12(13-8)15-10(3)11-4-5-16-7-11/h6,10-11H,4-5,7H2,1-3H3,(H,13,14,15). The minimum absolute atomic E-state index is 0.365. The van der Waals surface area contributed by atoms with Crippen molar-refractivity contribution in [2.45, 2.75) is 33.2 Å². The molecule has 0 saturated carbocycles. The zero-order valence-corrected chi connectivity index (χ0v) is 10.2. The average Bonchev–Trinajstić information content (AvgIpc) is 2.68. The van der Waals surface area contributed by atoms with Gasteiger partial charge in [0.2, 0.25) is 5.95 Å². The maximum Gasteiger partial charge on any atom is 0.223 e. The van der Waals surface area contributed by atoms with E-state index in [0.717, 1.165) is 37.0 Å². The number of rotatable bonds is 3. The Morgan fingerprint density at radius 2 is 2.06 bits per heavy atom. The zero-order valence-electron chi connectivity index (χ0n) is 10.2. The molecule has 16 heavy (non-hydrogen) atoms. The van der Waals surface area contributed by atoms with Crippen molar-refractivity contribution >= 4 is 5.95 Å². The summed E-state index contributed by atoms with van der Waals surface area (Å²) in [5.74, 6) is 1.31. The minimum Gasteiger partial charge on any atom is -0.381 e. The van der Waals surface area contributed by atoms with Gasteiger partial charge in [0.05, 0.1) is 6.61 Å². The van der Waals surface area contributed by atoms with Gasteiger partial charge in [0.15, 0.2) is 0 Å². The fourth-order valence-corrected chi connectivity index (χ4v) is 2.06. The molecule has 4 heteroatoms. The van der Waals surface area contributed by atoms with Crippen molar-refractivity contribution in [3.8, 4) is 0 Å². The summed E-state index contributed by atoms with van der Waals surface area (Å²) in [6.45, 7) is 7.87. The Bertz CT molecular complexity index is 341. The van der Waals surface area contributed by atoms with E-state index in [2.05, 4.69) is 22.2 Å². The predicted molar refractivity (Wildman–Crippen MR) is 63.5 cm³/mol. The van der Waals surface area contributed by atoms with Crippen LogP contribution in [-0.4, -0.2) is 29.2 Å². The molecule has 4 nitrogen and oxygen atoms in total. The Morgan fingerprint density at radius 1 is 1.38 bits per heavy atom. The summed E-state index contributed by atoms with van der Waals surface area (Å²) in [6.07, 6.45) is 1.12. The summed E-state index contributed by atoms with van der Waals surface area (Å²) in [4.78, 5) is 8.76. The third-order valence-electron chi connectivity index (χ3n) is 3.01. The van der Waals surface area contributed by atoms with E-state index < -0.39 is 0 Å². The summed E-state index contributed by atoms with van der Waals surface area (Å²) in [6, 6.07) is 2.35. The van der Waals surface area contributed by atoms with E-state index in [9.17, 15) is 0 Å². The quantitative estimate of drug-likeness (QED) is 0.847. The molecule has 0 aliphatic carbocycles. The molecule has 1 aromatic heterocycles. The fraction of sp³-hybridized carbons (Fsp3) is 0.667. The van der Waals surface area contributed by atoms with Crippen LogP contribution in [0.2, 0.25) is 0 Å². The molecule has 0 radical (unpaired) electrons. The van der Waals surface area contributed by atoms with Gasteiger partial charge in [-0.2, -0.15) is 0 Å². The highest BCUT2D eigenvalue weighted by atomic mass is 16.5. The van der Waals surface area contributed by atoms with E-state index >= 15 is 0 Å². The maximum absolute atomic E-state index is 5.38. The Balaban J connectivity index is 2.02. The molecule has 88 valence electrons. The van der Waals surface area contributed by atoms with Crippen molar-refractivity contribution in [3.05, 3.63) is 17.5 Å². The van der Waals surface area contributed by atoms with Gasteiger partial charge in [-0.1, -0.05) is 0 Å². The molecule has 1 saturated heterocycles. The average molecular weight is 221 g/mol. The SMILES string of the molecule is Cc1cc(C)nc(NC(C)C2CCOC2)n1. The van der Waals surface area contributed by atoms with Crippen LogP contribution in [0.25, 0.3) is 0 Å². The van der Waals surface area contributed by atoms with Crippen LogP contribution in [0.3, 0.4) is 0 Å². The Hall–Kier alpha value is -1.16. The molecule has 1 aliphatic rings. The second-order valence-corrected chi connectivity index (χ2v) is 4.53. The van der Waals surface area contributed by atoms with Gasteiger partial charge in [-0.15, -0.1) is 0 Å². The van der Waals surface area contributed by atoms with Crippen LogP contribution in [-0.2, 0) is 4.74 Å². The van der Waals surface area contributed by atoms with Crippen LogP contribution in [0.1, 0.15) is 24.7 Å². The molecular weight excluding hydrogens is 202 g/mol. The van der Waals surface area contributed by atoms with Gasteiger partial charge in [0, 0.05) is 30.0 Å². The van der Waals surface area contributed by atoms with Gasteiger partial charge >= 0.3 is 0 Å². The van der Waals surface area contributed by atoms with Crippen LogP contribution in [0.15, 0.2) is 6.07 Å². The second-order valence-electron chi connectivity index (χ2n) is 4.53. The summed E-state index contributed by atoms with van der Waals surface area (Å²) >= 11 is 0. The lowest BCUT2D eigenvalue weighted by atomic mass is 10.0. The largest absolute Gasteiger partial charge is 0.381 e. The number of aryl methyl sites for hydroxylation is 2. The van der Waals surface area contributed by atoms with Crippen molar-refractivity contribution in [1.29, 1.82) is 0 Å². The third-order valence-corrected chi connectivity index (χ3v) is 3.01. The first kappa shape index (κ1) is 11.3. The molecule has 2 heterocycles. The van der Waals surface area contributed by atoms with Gasteiger partial charge in [0.1, 0.15) is 0 Å². The Labute approximate surface area is 96.4 Å². The predicted octanol–water partition coefficient (Wildman–Crippen LogP) is 1.93. The smallest absolute Gasteiger partial charge is 0.223 e. The molecule has 1 aliphatic heterocycles. The van der Waals surface area contributed by atoms with E-state index in [0.29, 0.717) is 12.0 Å². The first-order valence-corrected chi connectivity index (χ1v) is 5.81. The number of anilines is 1. The molecule has 2 atom stereocenters. The summed E-state index contributed by atoms with van der Waals surface area (Å²) in [7, 11) is 0. The molecule has 0 bridgehead atoms. The van der Waals surface area contributed by atoms with E-state index in [1.165, 1.54) is 0 Å². The van der Waals surface area contributed by atoms with Crippen LogP contribution in [0.5, 0.6) is 0 Å². The van der Waals surface area contributed by atoms with Crippen molar-refractivity contribution in [2.75, 3.05) is 18.5 Å². The van der Waals surface area contributed by atoms with Crippen molar-refractivity contribution < 1.29 is 4.74 Å². The van der Waals surface area contributed by atoms with E-state index in [-0.39, 0.29) is 0 Å². The Morgan fingerprint density at radius 3 is 2.62 bits per heavy atom. The van der Waals surface area contributed by atoms with Crippen LogP contribution in [0.4, 0.5) is 5.95 Å². The normalized spacial score (nSPS) is 22.1. The third kappa shape index (κ3) is 2.70. The monoisotopic (exact) mass is 221 g/mol. The van der Waals surface area contributed by atoms with Gasteiger partial charge in [-0.3, -0.25) is 0 Å². The first-order chi connectivity index (χ1) is 7.65.